The molecule has 0 unspecified atom stereocenters. The molecule has 118 valence electrons. The van der Waals surface area contributed by atoms with Crippen LogP contribution in [0.4, 0.5) is 10.1 Å². The molecular weight excluding hydrogens is 305 g/mol. The third kappa shape index (κ3) is 3.73. The van der Waals surface area contributed by atoms with Crippen LogP contribution in [0.25, 0.3) is 0 Å². The number of hydrogen-bond donors (Lipinski definition) is 1. The van der Waals surface area contributed by atoms with Gasteiger partial charge in [0.2, 0.25) is 0 Å². The van der Waals surface area contributed by atoms with E-state index in [0.717, 1.165) is 5.56 Å². The summed E-state index contributed by atoms with van der Waals surface area (Å²) in [6.07, 6.45) is 1.65. The minimum atomic E-state index is -0.376. The minimum Gasteiger partial charge on any atom is -0.508 e. The van der Waals surface area contributed by atoms with Gasteiger partial charge in [-0.2, -0.15) is 0 Å². The quantitative estimate of drug-likeness (QED) is 0.568. The molecule has 3 rings (SSSR count). The number of ketones is 1. The Morgan fingerprint density at radius 3 is 2.33 bits per heavy atom. The summed E-state index contributed by atoms with van der Waals surface area (Å²) in [7, 11) is 0. The van der Waals surface area contributed by atoms with Gasteiger partial charge in [0.05, 0.1) is 5.69 Å². The number of nitrogens with zero attached hydrogens (tertiary/aromatic N) is 1. The number of aromatic hydroxyl groups is 1. The minimum absolute atomic E-state index is 0.184. The van der Waals surface area contributed by atoms with E-state index in [2.05, 4.69) is 4.99 Å². The van der Waals surface area contributed by atoms with E-state index < -0.39 is 0 Å². The van der Waals surface area contributed by atoms with Crippen LogP contribution in [0.2, 0.25) is 0 Å². The van der Waals surface area contributed by atoms with E-state index in [1.165, 1.54) is 24.3 Å². The number of carbonyl (C=O) groups is 1. The fourth-order valence-electron chi connectivity index (χ4n) is 2.20. The van der Waals surface area contributed by atoms with Crippen LogP contribution in [-0.2, 0) is 0 Å². The maximum atomic E-state index is 13.0. The van der Waals surface area contributed by atoms with Crippen molar-refractivity contribution in [1.29, 1.82) is 0 Å². The first-order chi connectivity index (χ1) is 11.6. The van der Waals surface area contributed by atoms with Crippen LogP contribution >= 0.6 is 0 Å². The lowest BCUT2D eigenvalue weighted by atomic mass is 10.0. The molecule has 4 heteroatoms. The normalized spacial score (nSPS) is 10.9. The number of carbonyl (C=O) groups excluding carboxylic acids is 1. The summed E-state index contributed by atoms with van der Waals surface area (Å²) >= 11 is 0. The van der Waals surface area contributed by atoms with Gasteiger partial charge in [0.15, 0.2) is 5.78 Å². The van der Waals surface area contributed by atoms with Crippen LogP contribution in [0.1, 0.15) is 21.5 Å². The van der Waals surface area contributed by atoms with Crippen molar-refractivity contribution >= 4 is 17.7 Å². The van der Waals surface area contributed by atoms with Crippen molar-refractivity contribution in [1.82, 2.24) is 0 Å². The molecule has 3 aromatic carbocycles. The lowest BCUT2D eigenvalue weighted by Gasteiger charge is -2.02. The van der Waals surface area contributed by atoms with E-state index in [4.69, 9.17) is 0 Å². The van der Waals surface area contributed by atoms with Gasteiger partial charge >= 0.3 is 0 Å². The van der Waals surface area contributed by atoms with Crippen LogP contribution in [0.3, 0.4) is 0 Å². The summed E-state index contributed by atoms with van der Waals surface area (Å²) < 4.78 is 13.0. The van der Waals surface area contributed by atoms with Gasteiger partial charge in [-0.3, -0.25) is 9.79 Å². The van der Waals surface area contributed by atoms with Crippen molar-refractivity contribution in [3.8, 4) is 5.75 Å². The van der Waals surface area contributed by atoms with Crippen LogP contribution in [0.15, 0.2) is 77.8 Å². The maximum Gasteiger partial charge on any atom is 0.193 e. The molecule has 1 N–H and O–H groups in total. The monoisotopic (exact) mass is 319 g/mol. The molecule has 0 aromatic heterocycles. The first-order valence-electron chi connectivity index (χ1n) is 7.35. The van der Waals surface area contributed by atoms with Crippen LogP contribution in [-0.4, -0.2) is 17.1 Å². The number of halogens is 1. The van der Waals surface area contributed by atoms with Crippen molar-refractivity contribution < 1.29 is 14.3 Å². The highest BCUT2D eigenvalue weighted by atomic mass is 19.1. The standard InChI is InChI=1S/C20H14FNO2/c21-17-8-6-15(7-9-17)20(24)16-2-1-3-18(12-16)22-13-14-4-10-19(23)11-5-14/h1-13,23H. The Labute approximate surface area is 138 Å². The Hall–Kier alpha value is -3.27. The second-order valence-electron chi connectivity index (χ2n) is 5.24. The molecule has 0 spiro atoms. The van der Waals surface area contributed by atoms with Gasteiger partial charge in [-0.1, -0.05) is 12.1 Å². The molecule has 3 aromatic rings. The zero-order valence-corrected chi connectivity index (χ0v) is 12.7. The summed E-state index contributed by atoms with van der Waals surface area (Å²) in [4.78, 5) is 16.8. The first-order valence-corrected chi connectivity index (χ1v) is 7.35. The Morgan fingerprint density at radius 2 is 1.62 bits per heavy atom. The van der Waals surface area contributed by atoms with Gasteiger partial charge in [0.1, 0.15) is 11.6 Å². The van der Waals surface area contributed by atoms with Crippen LogP contribution in [0, 0.1) is 5.82 Å². The number of phenolic OH excluding ortho intramolecular Hbond substituents is 1. The Morgan fingerprint density at radius 1 is 0.917 bits per heavy atom. The summed E-state index contributed by atoms with van der Waals surface area (Å²) in [5.74, 6) is -0.366. The molecule has 0 atom stereocenters. The summed E-state index contributed by atoms with van der Waals surface area (Å²) in [6, 6.07) is 19.0. The highest BCUT2D eigenvalue weighted by molar-refractivity contribution is 6.09. The highest BCUT2D eigenvalue weighted by Crippen LogP contribution is 2.18. The fourth-order valence-corrected chi connectivity index (χ4v) is 2.20. The van der Waals surface area contributed by atoms with Gasteiger partial charge in [-0.15, -0.1) is 0 Å². The number of phenols is 1. The topological polar surface area (TPSA) is 49.7 Å². The second-order valence-corrected chi connectivity index (χ2v) is 5.24. The molecule has 0 fully saturated rings. The zero-order valence-electron chi connectivity index (χ0n) is 12.7. The lowest BCUT2D eigenvalue weighted by molar-refractivity contribution is 0.103. The van der Waals surface area contributed by atoms with E-state index in [0.29, 0.717) is 16.8 Å². The predicted octanol–water partition coefficient (Wildman–Crippen LogP) is 4.51. The Bertz CT molecular complexity index is 884. The maximum absolute atomic E-state index is 13.0. The molecule has 0 amide bonds. The SMILES string of the molecule is O=C(c1ccc(F)cc1)c1cccc(N=Cc2ccc(O)cc2)c1. The highest BCUT2D eigenvalue weighted by Gasteiger charge is 2.09. The van der Waals surface area contributed by atoms with Crippen molar-refractivity contribution in [2.45, 2.75) is 0 Å². The van der Waals surface area contributed by atoms with E-state index >= 15 is 0 Å². The predicted molar refractivity (Wildman–Crippen MR) is 91.6 cm³/mol. The summed E-state index contributed by atoms with van der Waals surface area (Å²) in [5.41, 5.74) is 2.39. The van der Waals surface area contributed by atoms with Crippen LogP contribution in [0.5, 0.6) is 5.75 Å². The van der Waals surface area contributed by atoms with Crippen LogP contribution < -0.4 is 0 Å². The third-order valence-corrected chi connectivity index (χ3v) is 3.47. The molecule has 0 aliphatic carbocycles. The van der Waals surface area contributed by atoms with E-state index in [-0.39, 0.29) is 17.3 Å². The molecule has 0 aliphatic rings. The largest absolute Gasteiger partial charge is 0.508 e. The smallest absolute Gasteiger partial charge is 0.193 e. The Kier molecular flexibility index (Phi) is 4.47. The molecule has 0 bridgehead atoms. The van der Waals surface area contributed by atoms with Gasteiger partial charge in [-0.25, -0.2) is 4.39 Å². The molecule has 24 heavy (non-hydrogen) atoms. The molecule has 0 radical (unpaired) electrons. The molecule has 0 saturated carbocycles. The van der Waals surface area contributed by atoms with Gasteiger partial charge in [0, 0.05) is 17.3 Å². The zero-order chi connectivity index (χ0) is 16.9. The van der Waals surface area contributed by atoms with E-state index in [1.807, 2.05) is 0 Å². The Balaban J connectivity index is 1.82. The molecule has 0 heterocycles. The van der Waals surface area contributed by atoms with Gasteiger partial charge in [0.25, 0.3) is 0 Å². The average Bonchev–Trinajstić information content (AvgIpc) is 2.61. The third-order valence-electron chi connectivity index (χ3n) is 3.47. The number of benzene rings is 3. The first kappa shape index (κ1) is 15.6. The summed E-state index contributed by atoms with van der Waals surface area (Å²) in [6.45, 7) is 0. The fraction of sp³-hybridized carbons (Fsp3) is 0. The van der Waals surface area contributed by atoms with E-state index in [9.17, 15) is 14.3 Å². The second kappa shape index (κ2) is 6.87. The molecule has 0 aliphatic heterocycles. The lowest BCUT2D eigenvalue weighted by Crippen LogP contribution is -2.00. The number of rotatable bonds is 4. The molecular formula is C20H14FNO2. The summed E-state index contributed by atoms with van der Waals surface area (Å²) in [5, 5.41) is 9.26. The average molecular weight is 319 g/mol. The van der Waals surface area contributed by atoms with Crippen molar-refractivity contribution in [3.63, 3.8) is 0 Å². The molecule has 3 nitrogen and oxygen atoms in total. The number of hydrogen-bond acceptors (Lipinski definition) is 3. The van der Waals surface area contributed by atoms with Crippen molar-refractivity contribution in [2.75, 3.05) is 0 Å². The van der Waals surface area contributed by atoms with Gasteiger partial charge < -0.3 is 5.11 Å². The van der Waals surface area contributed by atoms with E-state index in [1.54, 1.807) is 54.7 Å². The van der Waals surface area contributed by atoms with Crippen molar-refractivity contribution in [3.05, 3.63) is 95.3 Å². The van der Waals surface area contributed by atoms with Gasteiger partial charge in [-0.05, 0) is 66.2 Å². The molecule has 0 saturated heterocycles. The van der Waals surface area contributed by atoms with Crippen molar-refractivity contribution in [2.24, 2.45) is 4.99 Å². The number of aliphatic imine (C=N–C) groups is 1.